The summed E-state index contributed by atoms with van der Waals surface area (Å²) in [6.07, 6.45) is 21.1. The van der Waals surface area contributed by atoms with Gasteiger partial charge >= 0.3 is 0 Å². The minimum Gasteiger partial charge on any atom is -0.435 e. The summed E-state index contributed by atoms with van der Waals surface area (Å²) in [6.45, 7) is 0. The molecule has 0 spiro atoms. The topological polar surface area (TPSA) is 260 Å². The fourth-order valence-corrected chi connectivity index (χ4v) is 18.1. The van der Waals surface area contributed by atoms with Crippen LogP contribution in [0.4, 0.5) is 0 Å². The van der Waals surface area contributed by atoms with Gasteiger partial charge in [-0.15, -0.1) is 0 Å². The summed E-state index contributed by atoms with van der Waals surface area (Å²) >= 11 is 0. The van der Waals surface area contributed by atoms with Gasteiger partial charge in [0, 0.05) is 174 Å². The molecule has 0 aliphatic rings. The van der Waals surface area contributed by atoms with Gasteiger partial charge in [0.05, 0.1) is 72.0 Å². The zero-order valence-electron chi connectivity index (χ0n) is 73.2. The minimum absolute atomic E-state index is 0.580. The SMILES string of the molecule is c1ccc(-c2nc3ccc4c(c5ccccc5n4-c4ccc(-c5cc(-c6ccncc6)nc(-c6ccncc6)n5)cc4)c3o2)cc1.c1ccc(-c2nc3ccc4c(c5ccccc5n4-c4ccc(-c5nc(-c6ccncc6)cc(-c6ccncc6)n5)cc4)c3o2)cc1.c1ccc(-c2nc3ccc4c(c5ccccc5n4-c4ccc(-c5nc(-c6ccncc6)nc(-c6ccncc6)n5)cc4)c3o2)cc1. The van der Waals surface area contributed by atoms with E-state index in [9.17, 15) is 0 Å². The third kappa shape index (κ3) is 14.9. The van der Waals surface area contributed by atoms with Gasteiger partial charge in [0.1, 0.15) is 16.6 Å². The van der Waals surface area contributed by atoms with Crippen LogP contribution in [-0.4, -0.2) is 93.4 Å². The van der Waals surface area contributed by atoms with Crippen molar-refractivity contribution < 1.29 is 13.3 Å². The van der Waals surface area contributed by atoms with Crippen LogP contribution in [0.2, 0.25) is 0 Å². The highest BCUT2D eigenvalue weighted by Crippen LogP contribution is 2.45. The maximum Gasteiger partial charge on any atom is 0.227 e. The van der Waals surface area contributed by atoms with Gasteiger partial charge in [0.25, 0.3) is 0 Å². The van der Waals surface area contributed by atoms with Crippen LogP contribution >= 0.6 is 0 Å². The van der Waals surface area contributed by atoms with Crippen LogP contribution in [0.1, 0.15) is 0 Å². The van der Waals surface area contributed by atoms with E-state index in [1.165, 1.54) is 0 Å². The van der Waals surface area contributed by atoms with Crippen molar-refractivity contribution in [3.63, 3.8) is 0 Å². The summed E-state index contributed by atoms with van der Waals surface area (Å²) in [6, 6.07) is 120. The van der Waals surface area contributed by atoms with E-state index >= 15 is 0 Å². The first-order chi connectivity index (χ1) is 68.4. The Kier molecular flexibility index (Phi) is 20.2. The van der Waals surface area contributed by atoms with E-state index in [2.05, 4.69) is 207 Å². The molecule has 15 aromatic heterocycles. The fourth-order valence-electron chi connectivity index (χ4n) is 18.1. The van der Waals surface area contributed by atoms with Gasteiger partial charge in [-0.2, -0.15) is 0 Å². The quantitative estimate of drug-likeness (QED) is 0.0923. The molecule has 22 nitrogen and oxygen atoms in total. The fraction of sp³-hybridized carbons (Fsp3) is 0. The molecular formula is C116H71N19O3. The van der Waals surface area contributed by atoms with E-state index in [-0.39, 0.29) is 0 Å². The number of hydrogen-bond donors (Lipinski definition) is 0. The van der Waals surface area contributed by atoms with E-state index in [0.29, 0.717) is 46.8 Å². The summed E-state index contributed by atoms with van der Waals surface area (Å²) in [7, 11) is 0. The molecule has 0 aliphatic heterocycles. The number of nitrogens with zero attached hydrogens (tertiary/aromatic N) is 19. The van der Waals surface area contributed by atoms with Crippen molar-refractivity contribution >= 4 is 98.7 Å². The molecule has 0 unspecified atom stereocenters. The standard InChI is InChI=1S/2C39H24N6O.C38H23N7O/c1-2-6-28(7-3-1)39-44-31-14-15-35-36(37(31)46-39)30-8-4-5-9-34(30)45(35)29-12-10-27(11-13-29)38-42-32(25-16-20-40-21-17-25)24-33(43-38)26-18-22-41-23-19-26;1-2-6-28(7-3-1)39-44-31-14-15-35-36(37(31)46-39)30-8-4-5-9-34(30)45(35)29-12-10-25(11-13-29)32-24-33(26-16-20-40-21-17-26)43-38(42-32)27-18-22-41-23-19-27;1-2-6-27(7-3-1)38-41-30-14-15-32-33(34(30)46-38)29-8-4-5-9-31(29)45(32)28-12-10-24(11-13-28)35-42-36(25-16-20-39-21-17-25)44-37(43-35)26-18-22-40-23-19-26/h2*1-24H;1-23H. The Balaban J connectivity index is 0.000000110. The number of oxazole rings is 3. The molecule has 0 N–H and O–H groups in total. The second-order valence-corrected chi connectivity index (χ2v) is 32.9. The molecule has 22 heteroatoms. The van der Waals surface area contributed by atoms with Crippen LogP contribution in [0, 0.1) is 0 Å². The lowest BCUT2D eigenvalue weighted by molar-refractivity contribution is 0.622. The lowest BCUT2D eigenvalue weighted by atomic mass is 10.1. The molecule has 0 saturated carbocycles. The summed E-state index contributed by atoms with van der Waals surface area (Å²) in [5, 5.41) is 6.45. The molecule has 0 fully saturated rings. The monoisotopic (exact) mass is 1780 g/mol. The first kappa shape index (κ1) is 80.6. The van der Waals surface area contributed by atoms with Crippen molar-refractivity contribution in [3.05, 3.63) is 432 Å². The highest BCUT2D eigenvalue weighted by molar-refractivity contribution is 6.22. The molecule has 0 radical (unpaired) electrons. The average molecular weight is 1780 g/mol. The Labute approximate surface area is 786 Å². The lowest BCUT2D eigenvalue weighted by Crippen LogP contribution is -2.00. The molecule has 12 aromatic carbocycles. The Morgan fingerprint density at radius 1 is 0.167 bits per heavy atom. The maximum absolute atomic E-state index is 6.45. The predicted octanol–water partition coefficient (Wildman–Crippen LogP) is 26.9. The molecule has 0 saturated heterocycles. The predicted molar refractivity (Wildman–Crippen MR) is 542 cm³/mol. The van der Waals surface area contributed by atoms with Crippen molar-refractivity contribution in [2.45, 2.75) is 0 Å². The summed E-state index contributed by atoms with van der Waals surface area (Å²) in [5.41, 5.74) is 28.9. The zero-order chi connectivity index (χ0) is 91.4. The van der Waals surface area contributed by atoms with Crippen LogP contribution < -0.4 is 0 Å². The average Bonchev–Trinajstić information content (AvgIpc) is 1.58. The molecule has 0 aliphatic carbocycles. The Morgan fingerprint density at radius 3 is 0.667 bits per heavy atom. The Bertz CT molecular complexity index is 8200. The maximum atomic E-state index is 6.45. The van der Waals surface area contributed by atoms with Crippen LogP contribution in [-0.2, 0) is 0 Å². The van der Waals surface area contributed by atoms with E-state index < -0.39 is 0 Å². The minimum atomic E-state index is 0.580. The lowest BCUT2D eigenvalue weighted by Gasteiger charge is -2.11. The Morgan fingerprint density at radius 2 is 0.391 bits per heavy atom. The van der Waals surface area contributed by atoms with E-state index in [4.69, 9.17) is 63.1 Å². The number of fused-ring (bicyclic) bond motifs is 15. The number of hydrogen-bond acceptors (Lipinski definition) is 19. The molecule has 648 valence electrons. The number of pyridine rings is 6. The van der Waals surface area contributed by atoms with Gasteiger partial charge in [-0.25, -0.2) is 49.8 Å². The summed E-state index contributed by atoms with van der Waals surface area (Å²) in [5.74, 6) is 4.87. The smallest absolute Gasteiger partial charge is 0.227 e. The third-order valence-electron chi connectivity index (χ3n) is 24.7. The third-order valence-corrected chi connectivity index (χ3v) is 24.7. The van der Waals surface area contributed by atoms with Crippen molar-refractivity contribution in [2.24, 2.45) is 0 Å². The Hall–Kier alpha value is -19.5. The van der Waals surface area contributed by atoms with Gasteiger partial charge < -0.3 is 27.0 Å². The highest BCUT2D eigenvalue weighted by atomic mass is 16.4. The highest BCUT2D eigenvalue weighted by Gasteiger charge is 2.26. The second-order valence-electron chi connectivity index (χ2n) is 32.9. The van der Waals surface area contributed by atoms with E-state index in [1.807, 2.05) is 194 Å². The van der Waals surface area contributed by atoms with Crippen LogP contribution in [0.15, 0.2) is 446 Å². The number of benzene rings is 12. The first-order valence-electron chi connectivity index (χ1n) is 44.8. The second kappa shape index (κ2) is 34.7. The van der Waals surface area contributed by atoms with Gasteiger partial charge in [-0.3, -0.25) is 29.9 Å². The molecule has 27 aromatic rings. The molecule has 0 amide bonds. The normalized spacial score (nSPS) is 11.5. The summed E-state index contributed by atoms with van der Waals surface area (Å²) < 4.78 is 26.2. The first-order valence-corrected chi connectivity index (χ1v) is 44.8. The van der Waals surface area contributed by atoms with Crippen LogP contribution in [0.5, 0.6) is 0 Å². The molecular weight excluding hydrogens is 1710 g/mol. The van der Waals surface area contributed by atoms with Crippen molar-refractivity contribution in [3.8, 4) is 153 Å². The number of rotatable bonds is 15. The van der Waals surface area contributed by atoms with E-state index in [1.54, 1.807) is 74.4 Å². The van der Waals surface area contributed by atoms with Crippen molar-refractivity contribution in [1.29, 1.82) is 0 Å². The number of para-hydroxylation sites is 3. The zero-order valence-corrected chi connectivity index (χ0v) is 73.2. The molecule has 138 heavy (non-hydrogen) atoms. The largest absolute Gasteiger partial charge is 0.435 e. The van der Waals surface area contributed by atoms with Crippen molar-refractivity contribution in [2.75, 3.05) is 0 Å². The van der Waals surface area contributed by atoms with E-state index in [0.717, 1.165) is 205 Å². The molecule has 0 bridgehead atoms. The van der Waals surface area contributed by atoms with Crippen molar-refractivity contribution in [1.82, 2.24) is 93.4 Å². The van der Waals surface area contributed by atoms with Crippen LogP contribution in [0.3, 0.4) is 0 Å². The molecule has 0 atom stereocenters. The summed E-state index contributed by atoms with van der Waals surface area (Å²) in [4.78, 5) is 73.8. The van der Waals surface area contributed by atoms with Gasteiger partial charge in [0.2, 0.25) is 17.7 Å². The molecule has 15 heterocycles. The van der Waals surface area contributed by atoms with Gasteiger partial charge in [0.15, 0.2) is 45.9 Å². The molecule has 27 rings (SSSR count). The van der Waals surface area contributed by atoms with Gasteiger partial charge in [-0.05, 0) is 237 Å². The number of aromatic nitrogens is 19. The van der Waals surface area contributed by atoms with Gasteiger partial charge in [-0.1, -0.05) is 121 Å². The van der Waals surface area contributed by atoms with Crippen LogP contribution in [0.25, 0.3) is 252 Å².